The summed E-state index contributed by atoms with van der Waals surface area (Å²) in [6.07, 6.45) is 3.45. The van der Waals surface area contributed by atoms with Gasteiger partial charge in [0.1, 0.15) is 11.8 Å². The normalized spacial score (nSPS) is 10.2. The lowest BCUT2D eigenvalue weighted by molar-refractivity contribution is 0.479. The van der Waals surface area contributed by atoms with Crippen LogP contribution in [0.15, 0.2) is 30.6 Å². The van der Waals surface area contributed by atoms with E-state index in [1.54, 1.807) is 10.9 Å². The van der Waals surface area contributed by atoms with Crippen LogP contribution in [-0.2, 0) is 13.1 Å². The third-order valence-electron chi connectivity index (χ3n) is 2.71. The summed E-state index contributed by atoms with van der Waals surface area (Å²) in [5.41, 5.74) is 1.58. The quantitative estimate of drug-likeness (QED) is 0.891. The van der Waals surface area contributed by atoms with Crippen LogP contribution in [0, 0.1) is 11.3 Å². The monoisotopic (exact) mass is 256 g/mol. The second kappa shape index (κ2) is 6.03. The van der Waals surface area contributed by atoms with Crippen LogP contribution in [0.4, 0.5) is 0 Å². The van der Waals surface area contributed by atoms with Crippen LogP contribution < -0.4 is 10.1 Å². The van der Waals surface area contributed by atoms with Crippen molar-refractivity contribution in [3.63, 3.8) is 0 Å². The first kappa shape index (κ1) is 13.1. The number of nitrogens with zero attached hydrogens (tertiary/aromatic N) is 3. The molecule has 0 aliphatic carbocycles. The zero-order valence-corrected chi connectivity index (χ0v) is 11.1. The molecule has 0 aliphatic heterocycles. The van der Waals surface area contributed by atoms with Gasteiger partial charge < -0.3 is 10.1 Å². The second-order valence-corrected chi connectivity index (χ2v) is 4.11. The van der Waals surface area contributed by atoms with E-state index in [-0.39, 0.29) is 0 Å². The summed E-state index contributed by atoms with van der Waals surface area (Å²) in [6, 6.07) is 7.74. The first-order valence-electron chi connectivity index (χ1n) is 6.14. The average molecular weight is 256 g/mol. The number of aromatic nitrogens is 2. The van der Waals surface area contributed by atoms with Crippen LogP contribution in [0.2, 0.25) is 0 Å². The van der Waals surface area contributed by atoms with Gasteiger partial charge in [0.25, 0.3) is 0 Å². The van der Waals surface area contributed by atoms with E-state index < -0.39 is 0 Å². The minimum atomic E-state index is 0.525. The van der Waals surface area contributed by atoms with Gasteiger partial charge in [-0.25, -0.2) is 0 Å². The molecule has 0 radical (unpaired) electrons. The van der Waals surface area contributed by atoms with Crippen LogP contribution in [-0.4, -0.2) is 16.8 Å². The van der Waals surface area contributed by atoms with Crippen LogP contribution in [0.5, 0.6) is 11.5 Å². The van der Waals surface area contributed by atoms with E-state index in [4.69, 9.17) is 10.00 Å². The molecule has 19 heavy (non-hydrogen) atoms. The zero-order chi connectivity index (χ0) is 13.7. The largest absolute Gasteiger partial charge is 0.453 e. The summed E-state index contributed by atoms with van der Waals surface area (Å²) in [6.45, 7) is 3.52. The van der Waals surface area contributed by atoms with E-state index in [0.29, 0.717) is 17.1 Å². The lowest BCUT2D eigenvalue weighted by Gasteiger charge is -2.07. The molecule has 1 N–H and O–H groups in total. The number of rotatable bonds is 5. The van der Waals surface area contributed by atoms with E-state index in [1.165, 1.54) is 0 Å². The van der Waals surface area contributed by atoms with Crippen molar-refractivity contribution in [3.05, 3.63) is 41.7 Å². The number of nitriles is 1. The van der Waals surface area contributed by atoms with Crippen molar-refractivity contribution in [2.75, 3.05) is 7.05 Å². The minimum absolute atomic E-state index is 0.525. The van der Waals surface area contributed by atoms with Crippen LogP contribution in [0.3, 0.4) is 0 Å². The molecule has 0 amide bonds. The molecule has 5 heteroatoms. The Bertz CT molecular complexity index is 598. The summed E-state index contributed by atoms with van der Waals surface area (Å²) in [5.74, 6) is 1.19. The fourth-order valence-electron chi connectivity index (χ4n) is 1.76. The van der Waals surface area contributed by atoms with E-state index in [2.05, 4.69) is 16.5 Å². The first-order valence-corrected chi connectivity index (χ1v) is 6.14. The van der Waals surface area contributed by atoms with E-state index in [0.717, 1.165) is 18.7 Å². The first-order chi connectivity index (χ1) is 9.26. The highest BCUT2D eigenvalue weighted by atomic mass is 16.5. The summed E-state index contributed by atoms with van der Waals surface area (Å²) in [7, 11) is 1.87. The Labute approximate surface area is 112 Å². The van der Waals surface area contributed by atoms with Gasteiger partial charge in [0.2, 0.25) is 0 Å². The highest BCUT2D eigenvalue weighted by molar-refractivity contribution is 5.47. The van der Waals surface area contributed by atoms with Crippen molar-refractivity contribution >= 4 is 0 Å². The van der Waals surface area contributed by atoms with Crippen molar-refractivity contribution < 1.29 is 4.74 Å². The molecule has 0 saturated carbocycles. The topological polar surface area (TPSA) is 62.9 Å². The smallest absolute Gasteiger partial charge is 0.165 e. The van der Waals surface area contributed by atoms with Crippen molar-refractivity contribution in [2.45, 2.75) is 20.0 Å². The molecule has 0 saturated heterocycles. The van der Waals surface area contributed by atoms with Gasteiger partial charge in [-0.3, -0.25) is 4.68 Å². The van der Waals surface area contributed by atoms with Crippen molar-refractivity contribution in [1.82, 2.24) is 15.1 Å². The molecule has 2 rings (SSSR count). The molecule has 0 atom stereocenters. The Morgan fingerprint density at radius 1 is 1.47 bits per heavy atom. The van der Waals surface area contributed by atoms with Crippen molar-refractivity contribution in [3.8, 4) is 17.6 Å². The summed E-state index contributed by atoms with van der Waals surface area (Å²) < 4.78 is 7.46. The number of benzene rings is 1. The fraction of sp³-hybridized carbons (Fsp3) is 0.286. The zero-order valence-electron chi connectivity index (χ0n) is 11.1. The van der Waals surface area contributed by atoms with Gasteiger partial charge in [0, 0.05) is 13.1 Å². The predicted octanol–water partition coefficient (Wildman–Crippen LogP) is 2.29. The van der Waals surface area contributed by atoms with Gasteiger partial charge in [-0.2, -0.15) is 10.4 Å². The molecular weight excluding hydrogens is 240 g/mol. The fourth-order valence-corrected chi connectivity index (χ4v) is 1.76. The molecule has 0 aliphatic rings. The molecule has 0 unspecified atom stereocenters. The SMILES string of the molecule is CCn1cc(Oc2ccc(CNC)cc2C#N)cn1. The molecule has 1 heterocycles. The molecule has 98 valence electrons. The Morgan fingerprint density at radius 3 is 2.95 bits per heavy atom. The number of ether oxygens (including phenoxy) is 1. The third kappa shape index (κ3) is 3.12. The van der Waals surface area contributed by atoms with E-state index >= 15 is 0 Å². The summed E-state index contributed by atoms with van der Waals surface area (Å²) >= 11 is 0. The molecular formula is C14H16N4O. The van der Waals surface area contributed by atoms with E-state index in [1.807, 2.05) is 38.4 Å². The van der Waals surface area contributed by atoms with Crippen molar-refractivity contribution in [1.29, 1.82) is 5.26 Å². The Balaban J connectivity index is 2.22. The second-order valence-electron chi connectivity index (χ2n) is 4.11. The van der Waals surface area contributed by atoms with Gasteiger partial charge in [0.15, 0.2) is 5.75 Å². The van der Waals surface area contributed by atoms with Crippen LogP contribution >= 0.6 is 0 Å². The number of hydrogen-bond acceptors (Lipinski definition) is 4. The number of aryl methyl sites for hydroxylation is 1. The maximum absolute atomic E-state index is 9.17. The van der Waals surface area contributed by atoms with Gasteiger partial charge in [-0.15, -0.1) is 0 Å². The highest BCUT2D eigenvalue weighted by Crippen LogP contribution is 2.25. The third-order valence-corrected chi connectivity index (χ3v) is 2.71. The maximum atomic E-state index is 9.17. The maximum Gasteiger partial charge on any atom is 0.165 e. The van der Waals surface area contributed by atoms with Crippen molar-refractivity contribution in [2.24, 2.45) is 0 Å². The standard InChI is InChI=1S/C14H16N4O/c1-3-18-10-13(9-17-18)19-14-5-4-11(8-16-2)6-12(14)7-15/h4-6,9-10,16H,3,8H2,1-2H3. The lowest BCUT2D eigenvalue weighted by Crippen LogP contribution is -2.05. The van der Waals surface area contributed by atoms with Gasteiger partial charge in [0.05, 0.1) is 18.0 Å². The molecule has 0 bridgehead atoms. The lowest BCUT2D eigenvalue weighted by atomic mass is 10.1. The Hall–Kier alpha value is -2.32. The predicted molar refractivity (Wildman–Crippen MR) is 71.9 cm³/mol. The average Bonchev–Trinajstić information content (AvgIpc) is 2.88. The van der Waals surface area contributed by atoms with Gasteiger partial charge >= 0.3 is 0 Å². The summed E-state index contributed by atoms with van der Waals surface area (Å²) in [5, 5.41) is 16.4. The molecule has 0 spiro atoms. The van der Waals surface area contributed by atoms with Crippen LogP contribution in [0.1, 0.15) is 18.1 Å². The Kier molecular flexibility index (Phi) is 4.16. The molecule has 0 fully saturated rings. The number of hydrogen-bond donors (Lipinski definition) is 1. The van der Waals surface area contributed by atoms with Crippen LogP contribution in [0.25, 0.3) is 0 Å². The van der Waals surface area contributed by atoms with Gasteiger partial charge in [-0.05, 0) is 31.7 Å². The summed E-state index contributed by atoms with van der Waals surface area (Å²) in [4.78, 5) is 0. The molecule has 5 nitrogen and oxygen atoms in total. The van der Waals surface area contributed by atoms with Gasteiger partial charge in [-0.1, -0.05) is 6.07 Å². The molecule has 1 aromatic heterocycles. The highest BCUT2D eigenvalue weighted by Gasteiger charge is 2.07. The number of nitrogens with one attached hydrogen (secondary N) is 1. The van der Waals surface area contributed by atoms with E-state index in [9.17, 15) is 0 Å². The minimum Gasteiger partial charge on any atom is -0.453 e. The molecule has 2 aromatic rings. The Morgan fingerprint density at radius 2 is 2.32 bits per heavy atom. The molecule has 1 aromatic carbocycles.